The highest BCUT2D eigenvalue weighted by atomic mass is 16.1. The van der Waals surface area contributed by atoms with Crippen molar-refractivity contribution in [2.24, 2.45) is 5.92 Å². The summed E-state index contributed by atoms with van der Waals surface area (Å²) in [4.78, 5) is 16.5. The second kappa shape index (κ2) is 7.07. The van der Waals surface area contributed by atoms with Crippen LogP contribution in [0.3, 0.4) is 0 Å². The van der Waals surface area contributed by atoms with E-state index < -0.39 is 0 Å². The molecule has 0 saturated carbocycles. The zero-order valence-corrected chi connectivity index (χ0v) is 13.6. The van der Waals surface area contributed by atoms with Crippen molar-refractivity contribution in [2.45, 2.75) is 27.7 Å². The average molecular weight is 297 g/mol. The summed E-state index contributed by atoms with van der Waals surface area (Å²) in [7, 11) is 0. The number of carbonyl (C=O) groups is 1. The smallest absolute Gasteiger partial charge is 0.274 e. The molecule has 0 aliphatic carbocycles. The van der Waals surface area contributed by atoms with E-state index in [2.05, 4.69) is 29.5 Å². The Hall–Kier alpha value is -2.36. The van der Waals surface area contributed by atoms with Gasteiger partial charge in [-0.1, -0.05) is 26.0 Å². The van der Waals surface area contributed by atoms with Gasteiger partial charge in [0.25, 0.3) is 5.91 Å². The fourth-order valence-electron chi connectivity index (χ4n) is 2.01. The number of nitrogens with one attached hydrogen (secondary N) is 2. The molecule has 2 N–H and O–H groups in total. The zero-order chi connectivity index (χ0) is 16.1. The largest absolute Gasteiger partial charge is 0.384 e. The molecule has 2 aromatic rings. The lowest BCUT2D eigenvalue weighted by Gasteiger charge is -2.10. The molecule has 116 valence electrons. The molecule has 0 atom stereocenters. The lowest BCUT2D eigenvalue weighted by molar-refractivity contribution is 0.102. The maximum absolute atomic E-state index is 12.3. The Morgan fingerprint density at radius 2 is 1.95 bits per heavy atom. The average Bonchev–Trinajstić information content (AvgIpc) is 2.49. The molecular formula is C18H23N3O. The number of carbonyl (C=O) groups excluding carboxylic acids is 1. The highest BCUT2D eigenvalue weighted by Crippen LogP contribution is 2.17. The van der Waals surface area contributed by atoms with E-state index in [0.29, 0.717) is 11.6 Å². The molecule has 0 saturated heterocycles. The van der Waals surface area contributed by atoms with Gasteiger partial charge in [0.2, 0.25) is 0 Å². The fraction of sp³-hybridized carbons (Fsp3) is 0.333. The Labute approximate surface area is 132 Å². The number of pyridine rings is 1. The topological polar surface area (TPSA) is 54.0 Å². The van der Waals surface area contributed by atoms with E-state index in [-0.39, 0.29) is 5.91 Å². The van der Waals surface area contributed by atoms with Gasteiger partial charge in [0.1, 0.15) is 5.69 Å². The summed E-state index contributed by atoms with van der Waals surface area (Å²) >= 11 is 0. The van der Waals surface area contributed by atoms with E-state index in [9.17, 15) is 4.79 Å². The summed E-state index contributed by atoms with van der Waals surface area (Å²) in [5, 5.41) is 6.20. The number of nitrogens with zero attached hydrogens (tertiary/aromatic N) is 1. The quantitative estimate of drug-likeness (QED) is 0.876. The maximum Gasteiger partial charge on any atom is 0.274 e. The first-order valence-corrected chi connectivity index (χ1v) is 7.54. The first-order valence-electron chi connectivity index (χ1n) is 7.54. The summed E-state index contributed by atoms with van der Waals surface area (Å²) in [6, 6.07) is 9.61. The van der Waals surface area contributed by atoms with Crippen molar-refractivity contribution >= 4 is 17.3 Å². The Bertz CT molecular complexity index is 648. The molecule has 4 nitrogen and oxygen atoms in total. The van der Waals surface area contributed by atoms with E-state index >= 15 is 0 Å². The van der Waals surface area contributed by atoms with Crippen LogP contribution in [-0.2, 0) is 0 Å². The summed E-state index contributed by atoms with van der Waals surface area (Å²) in [5.74, 6) is 0.372. The predicted octanol–water partition coefficient (Wildman–Crippen LogP) is 4.02. The summed E-state index contributed by atoms with van der Waals surface area (Å²) in [5.41, 5.74) is 4.32. The van der Waals surface area contributed by atoms with E-state index in [1.165, 1.54) is 0 Å². The molecule has 0 bridgehead atoms. The summed E-state index contributed by atoms with van der Waals surface area (Å²) in [6.07, 6.45) is 1.69. The van der Waals surface area contributed by atoms with Crippen LogP contribution >= 0.6 is 0 Å². The Morgan fingerprint density at radius 1 is 1.18 bits per heavy atom. The van der Waals surface area contributed by atoms with E-state index in [1.54, 1.807) is 12.3 Å². The molecule has 1 aromatic heterocycles. The third kappa shape index (κ3) is 4.32. The van der Waals surface area contributed by atoms with Crippen LogP contribution in [0.25, 0.3) is 0 Å². The van der Waals surface area contributed by atoms with Crippen LogP contribution in [0.1, 0.15) is 35.5 Å². The second-order valence-electron chi connectivity index (χ2n) is 5.98. The standard InChI is InChI=1S/C18H23N3O/c1-12(2)10-19-15-7-8-16(20-11-15)18(22)21-17-9-13(3)5-6-14(17)4/h5-9,11-12,19H,10H2,1-4H3,(H,21,22). The number of amides is 1. The lowest BCUT2D eigenvalue weighted by Crippen LogP contribution is -2.15. The molecule has 0 spiro atoms. The van der Waals surface area contributed by atoms with Gasteiger partial charge in [-0.25, -0.2) is 4.98 Å². The SMILES string of the molecule is Cc1ccc(C)c(NC(=O)c2ccc(NCC(C)C)cn2)c1. The number of aromatic nitrogens is 1. The predicted molar refractivity (Wildman–Crippen MR) is 91.4 cm³/mol. The van der Waals surface area contributed by atoms with Crippen LogP contribution in [0.4, 0.5) is 11.4 Å². The minimum atomic E-state index is -0.191. The van der Waals surface area contributed by atoms with Crippen LogP contribution in [0.15, 0.2) is 36.5 Å². The van der Waals surface area contributed by atoms with Crippen molar-refractivity contribution in [1.82, 2.24) is 4.98 Å². The van der Waals surface area contributed by atoms with Gasteiger partial charge in [0.05, 0.1) is 11.9 Å². The number of benzene rings is 1. The maximum atomic E-state index is 12.3. The third-order valence-corrected chi connectivity index (χ3v) is 3.35. The number of hydrogen-bond donors (Lipinski definition) is 2. The van der Waals surface area contributed by atoms with E-state index in [1.807, 2.05) is 38.1 Å². The summed E-state index contributed by atoms with van der Waals surface area (Å²) in [6.45, 7) is 9.15. The molecule has 0 radical (unpaired) electrons. The van der Waals surface area contributed by atoms with Gasteiger partial charge in [-0.2, -0.15) is 0 Å². The first-order chi connectivity index (χ1) is 10.5. The molecule has 1 amide bonds. The zero-order valence-electron chi connectivity index (χ0n) is 13.6. The lowest BCUT2D eigenvalue weighted by atomic mass is 10.1. The van der Waals surface area contributed by atoms with Gasteiger partial charge in [-0.05, 0) is 49.1 Å². The molecule has 4 heteroatoms. The molecular weight excluding hydrogens is 274 g/mol. The van der Waals surface area contributed by atoms with Gasteiger partial charge < -0.3 is 10.6 Å². The van der Waals surface area contributed by atoms with Gasteiger partial charge in [0.15, 0.2) is 0 Å². The van der Waals surface area contributed by atoms with Crippen LogP contribution in [0.2, 0.25) is 0 Å². The van der Waals surface area contributed by atoms with Crippen molar-refractivity contribution < 1.29 is 4.79 Å². The number of aryl methyl sites for hydroxylation is 2. The third-order valence-electron chi connectivity index (χ3n) is 3.35. The summed E-state index contributed by atoms with van der Waals surface area (Å²) < 4.78 is 0. The molecule has 2 rings (SSSR count). The fourth-order valence-corrected chi connectivity index (χ4v) is 2.01. The molecule has 1 heterocycles. The number of anilines is 2. The second-order valence-corrected chi connectivity index (χ2v) is 5.98. The first kappa shape index (κ1) is 16.0. The van der Waals surface area contributed by atoms with Gasteiger partial charge >= 0.3 is 0 Å². The van der Waals surface area contributed by atoms with Gasteiger partial charge in [-0.15, -0.1) is 0 Å². The normalized spacial score (nSPS) is 10.6. The van der Waals surface area contributed by atoms with Crippen LogP contribution in [0.5, 0.6) is 0 Å². The van der Waals surface area contributed by atoms with Crippen LogP contribution in [-0.4, -0.2) is 17.4 Å². The van der Waals surface area contributed by atoms with E-state index in [4.69, 9.17) is 0 Å². The highest BCUT2D eigenvalue weighted by Gasteiger charge is 2.09. The highest BCUT2D eigenvalue weighted by molar-refractivity contribution is 6.03. The van der Waals surface area contributed by atoms with Crippen molar-refractivity contribution in [3.63, 3.8) is 0 Å². The van der Waals surface area contributed by atoms with Crippen molar-refractivity contribution in [2.75, 3.05) is 17.2 Å². The van der Waals surface area contributed by atoms with Crippen LogP contribution < -0.4 is 10.6 Å². The minimum absolute atomic E-state index is 0.191. The van der Waals surface area contributed by atoms with Gasteiger partial charge in [-0.3, -0.25) is 4.79 Å². The van der Waals surface area contributed by atoms with Crippen molar-refractivity contribution in [3.05, 3.63) is 53.3 Å². The molecule has 0 aliphatic rings. The molecule has 22 heavy (non-hydrogen) atoms. The van der Waals surface area contributed by atoms with Crippen molar-refractivity contribution in [1.29, 1.82) is 0 Å². The van der Waals surface area contributed by atoms with Crippen molar-refractivity contribution in [3.8, 4) is 0 Å². The minimum Gasteiger partial charge on any atom is -0.384 e. The monoisotopic (exact) mass is 297 g/mol. The molecule has 0 fully saturated rings. The number of hydrogen-bond acceptors (Lipinski definition) is 3. The number of rotatable bonds is 5. The van der Waals surface area contributed by atoms with E-state index in [0.717, 1.165) is 29.0 Å². The molecule has 0 aliphatic heterocycles. The Morgan fingerprint density at radius 3 is 2.59 bits per heavy atom. The molecule has 0 unspecified atom stereocenters. The molecule has 1 aromatic carbocycles. The van der Waals surface area contributed by atoms with Gasteiger partial charge in [0, 0.05) is 12.2 Å². The Balaban J connectivity index is 2.05. The Kier molecular flexibility index (Phi) is 5.15. The van der Waals surface area contributed by atoms with Crippen LogP contribution in [0, 0.1) is 19.8 Å².